The molecule has 1 fully saturated rings. The number of hydrogen-bond acceptors (Lipinski definition) is 6. The number of nitro benzene ring substituents is 1. The van der Waals surface area contributed by atoms with E-state index in [-0.39, 0.29) is 22.8 Å². The minimum atomic E-state index is -4.00. The van der Waals surface area contributed by atoms with Gasteiger partial charge in [0.05, 0.1) is 15.4 Å². The quantitative estimate of drug-likeness (QED) is 0.547. The molecule has 0 atom stereocenters. The van der Waals surface area contributed by atoms with E-state index in [4.69, 9.17) is 5.14 Å². The van der Waals surface area contributed by atoms with E-state index in [0.29, 0.717) is 12.8 Å². The third-order valence-electron chi connectivity index (χ3n) is 3.64. The van der Waals surface area contributed by atoms with Crippen LogP contribution in [0.4, 0.5) is 11.4 Å². The molecule has 0 heterocycles. The number of aliphatic hydroxyl groups is 1. The van der Waals surface area contributed by atoms with Crippen molar-refractivity contribution in [2.24, 2.45) is 5.14 Å². The van der Waals surface area contributed by atoms with E-state index >= 15 is 0 Å². The molecule has 0 unspecified atom stereocenters. The first-order valence-electron chi connectivity index (χ1n) is 6.49. The maximum absolute atomic E-state index is 11.2. The van der Waals surface area contributed by atoms with E-state index < -0.39 is 20.5 Å². The van der Waals surface area contributed by atoms with E-state index in [1.807, 2.05) is 0 Å². The standard InChI is InChI=1S/C12H17N3O5S/c13-21(19,20)9-3-4-10(11(7-9)15(17)18)14-8-12(16)5-1-2-6-12/h3-4,7,14,16H,1-2,5-6,8H2,(H2,13,19,20). The lowest BCUT2D eigenvalue weighted by molar-refractivity contribution is -0.384. The monoisotopic (exact) mass is 315 g/mol. The topological polar surface area (TPSA) is 136 Å². The molecule has 9 heteroatoms. The molecular weight excluding hydrogens is 298 g/mol. The number of hydrogen-bond donors (Lipinski definition) is 3. The minimum absolute atomic E-state index is 0.160. The molecule has 0 amide bonds. The highest BCUT2D eigenvalue weighted by Gasteiger charge is 2.31. The first-order chi connectivity index (χ1) is 9.71. The van der Waals surface area contributed by atoms with E-state index in [1.54, 1.807) is 0 Å². The van der Waals surface area contributed by atoms with Gasteiger partial charge in [0.25, 0.3) is 5.69 Å². The van der Waals surface area contributed by atoms with Gasteiger partial charge < -0.3 is 10.4 Å². The van der Waals surface area contributed by atoms with Crippen molar-refractivity contribution >= 4 is 21.4 Å². The van der Waals surface area contributed by atoms with Crippen LogP contribution in [-0.4, -0.2) is 30.6 Å². The number of nitro groups is 1. The predicted octanol–water partition coefficient (Wildman–Crippen LogP) is 0.959. The summed E-state index contributed by atoms with van der Waals surface area (Å²) >= 11 is 0. The van der Waals surface area contributed by atoms with Crippen molar-refractivity contribution in [3.05, 3.63) is 28.3 Å². The van der Waals surface area contributed by atoms with Crippen LogP contribution in [0.3, 0.4) is 0 Å². The Balaban J connectivity index is 2.25. The van der Waals surface area contributed by atoms with Gasteiger partial charge in [-0.25, -0.2) is 13.6 Å². The predicted molar refractivity (Wildman–Crippen MR) is 76.4 cm³/mol. The van der Waals surface area contributed by atoms with Gasteiger partial charge in [-0.15, -0.1) is 0 Å². The van der Waals surface area contributed by atoms with E-state index in [0.717, 1.165) is 18.9 Å². The maximum Gasteiger partial charge on any atom is 0.293 e. The van der Waals surface area contributed by atoms with Crippen molar-refractivity contribution < 1.29 is 18.4 Å². The molecule has 0 aliphatic heterocycles. The van der Waals surface area contributed by atoms with Gasteiger partial charge in [-0.3, -0.25) is 10.1 Å². The van der Waals surface area contributed by atoms with Gasteiger partial charge >= 0.3 is 0 Å². The molecular formula is C12H17N3O5S. The molecule has 116 valence electrons. The fraction of sp³-hybridized carbons (Fsp3) is 0.500. The summed E-state index contributed by atoms with van der Waals surface area (Å²) in [4.78, 5) is 10.0. The fourth-order valence-electron chi connectivity index (χ4n) is 2.46. The Kier molecular flexibility index (Phi) is 4.17. The summed E-state index contributed by atoms with van der Waals surface area (Å²) in [5, 5.41) is 29.0. The molecule has 1 aromatic carbocycles. The van der Waals surface area contributed by atoms with Crippen molar-refractivity contribution in [2.45, 2.75) is 36.2 Å². The molecule has 8 nitrogen and oxygen atoms in total. The minimum Gasteiger partial charge on any atom is -0.388 e. The molecule has 4 N–H and O–H groups in total. The van der Waals surface area contributed by atoms with Crippen LogP contribution in [0.1, 0.15) is 25.7 Å². The summed E-state index contributed by atoms with van der Waals surface area (Å²) < 4.78 is 22.5. The normalized spacial score (nSPS) is 17.6. The van der Waals surface area contributed by atoms with E-state index in [1.165, 1.54) is 12.1 Å². The second kappa shape index (κ2) is 5.58. The summed E-state index contributed by atoms with van der Waals surface area (Å²) in [5.74, 6) is 0. The summed E-state index contributed by atoms with van der Waals surface area (Å²) in [6.45, 7) is 0.183. The van der Waals surface area contributed by atoms with Crippen LogP contribution in [0, 0.1) is 10.1 Å². The van der Waals surface area contributed by atoms with Crippen molar-refractivity contribution in [3.8, 4) is 0 Å². The van der Waals surface area contributed by atoms with Gasteiger partial charge in [0.15, 0.2) is 0 Å². The second-order valence-electron chi connectivity index (χ2n) is 5.27. The van der Waals surface area contributed by atoms with Crippen LogP contribution in [0.15, 0.2) is 23.1 Å². The zero-order valence-corrected chi connectivity index (χ0v) is 12.1. The van der Waals surface area contributed by atoms with Crippen molar-refractivity contribution in [1.82, 2.24) is 0 Å². The van der Waals surface area contributed by atoms with E-state index in [2.05, 4.69) is 5.32 Å². The van der Waals surface area contributed by atoms with Crippen LogP contribution in [0.2, 0.25) is 0 Å². The highest BCUT2D eigenvalue weighted by Crippen LogP contribution is 2.32. The molecule has 2 rings (SSSR count). The van der Waals surface area contributed by atoms with Crippen LogP contribution in [-0.2, 0) is 10.0 Å². The molecule has 21 heavy (non-hydrogen) atoms. The Morgan fingerprint density at radius 1 is 1.38 bits per heavy atom. The van der Waals surface area contributed by atoms with Crippen LogP contribution in [0.25, 0.3) is 0 Å². The summed E-state index contributed by atoms with van der Waals surface area (Å²) in [7, 11) is -4.00. The van der Waals surface area contributed by atoms with Gasteiger partial charge in [0.2, 0.25) is 10.0 Å². The highest BCUT2D eigenvalue weighted by atomic mass is 32.2. The second-order valence-corrected chi connectivity index (χ2v) is 6.83. The Morgan fingerprint density at radius 3 is 2.52 bits per heavy atom. The Bertz CT molecular complexity index is 653. The number of rotatable bonds is 5. The van der Waals surface area contributed by atoms with Crippen molar-refractivity contribution in [2.75, 3.05) is 11.9 Å². The smallest absolute Gasteiger partial charge is 0.293 e. The Hall–Kier alpha value is -1.71. The molecule has 1 aliphatic rings. The average molecular weight is 315 g/mol. The third kappa shape index (κ3) is 3.69. The van der Waals surface area contributed by atoms with Crippen LogP contribution in [0.5, 0.6) is 0 Å². The number of nitrogens with zero attached hydrogens (tertiary/aromatic N) is 1. The largest absolute Gasteiger partial charge is 0.388 e. The van der Waals surface area contributed by atoms with Gasteiger partial charge in [0, 0.05) is 12.6 Å². The number of sulfonamides is 1. The van der Waals surface area contributed by atoms with Gasteiger partial charge in [-0.1, -0.05) is 12.8 Å². The number of anilines is 1. The van der Waals surface area contributed by atoms with Crippen molar-refractivity contribution in [1.29, 1.82) is 0 Å². The maximum atomic E-state index is 11.2. The lowest BCUT2D eigenvalue weighted by Crippen LogP contribution is -2.33. The van der Waals surface area contributed by atoms with Crippen molar-refractivity contribution in [3.63, 3.8) is 0 Å². The molecule has 0 aromatic heterocycles. The molecule has 0 radical (unpaired) electrons. The molecule has 1 aromatic rings. The zero-order chi connectivity index (χ0) is 15.7. The lowest BCUT2D eigenvalue weighted by atomic mass is 10.0. The van der Waals surface area contributed by atoms with Gasteiger partial charge in [-0.05, 0) is 25.0 Å². The first kappa shape index (κ1) is 15.7. The van der Waals surface area contributed by atoms with Gasteiger partial charge in [0.1, 0.15) is 5.69 Å². The molecule has 1 saturated carbocycles. The highest BCUT2D eigenvalue weighted by molar-refractivity contribution is 7.89. The van der Waals surface area contributed by atoms with E-state index in [9.17, 15) is 23.6 Å². The fourth-order valence-corrected chi connectivity index (χ4v) is 2.99. The summed E-state index contributed by atoms with van der Waals surface area (Å²) in [6.07, 6.45) is 3.13. The Morgan fingerprint density at radius 2 is 2.00 bits per heavy atom. The lowest BCUT2D eigenvalue weighted by Gasteiger charge is -2.23. The molecule has 1 aliphatic carbocycles. The molecule has 0 saturated heterocycles. The average Bonchev–Trinajstić information content (AvgIpc) is 2.82. The molecule has 0 bridgehead atoms. The molecule has 0 spiro atoms. The first-order valence-corrected chi connectivity index (χ1v) is 8.03. The summed E-state index contributed by atoms with van der Waals surface area (Å²) in [6, 6.07) is 3.40. The third-order valence-corrected chi connectivity index (χ3v) is 4.55. The Labute approximate surface area is 122 Å². The van der Waals surface area contributed by atoms with Crippen LogP contribution >= 0.6 is 0 Å². The number of nitrogens with one attached hydrogen (secondary N) is 1. The SMILES string of the molecule is NS(=O)(=O)c1ccc(NCC2(O)CCCC2)c([N+](=O)[O-])c1. The van der Waals surface area contributed by atoms with Gasteiger partial charge in [-0.2, -0.15) is 0 Å². The number of nitrogens with two attached hydrogens (primary N) is 1. The van der Waals surface area contributed by atoms with Crippen LogP contribution < -0.4 is 10.5 Å². The summed E-state index contributed by atoms with van der Waals surface area (Å²) in [5.41, 5.74) is -1.09. The number of primary sulfonamides is 1. The zero-order valence-electron chi connectivity index (χ0n) is 11.3. The number of benzene rings is 1.